The molecule has 0 aliphatic heterocycles. The molecule has 2 aromatic carbocycles. The predicted molar refractivity (Wildman–Crippen MR) is 141 cm³/mol. The van der Waals surface area contributed by atoms with E-state index in [4.69, 9.17) is 9.52 Å². The van der Waals surface area contributed by atoms with Gasteiger partial charge in [-0.3, -0.25) is 14.4 Å². The molecule has 0 spiro atoms. The average Bonchev–Trinajstić information content (AvgIpc) is 3.36. The quantitative estimate of drug-likeness (QED) is 0.289. The van der Waals surface area contributed by atoms with Crippen molar-refractivity contribution in [3.05, 3.63) is 71.1 Å². The number of carboxylic acids is 1. The van der Waals surface area contributed by atoms with Gasteiger partial charge in [0.05, 0.1) is 0 Å². The zero-order valence-corrected chi connectivity index (χ0v) is 21.9. The van der Waals surface area contributed by atoms with Gasteiger partial charge in [0.15, 0.2) is 5.69 Å². The third-order valence-electron chi connectivity index (χ3n) is 7.09. The number of benzene rings is 2. The largest absolute Gasteiger partial charge is 0.481 e. The van der Waals surface area contributed by atoms with Crippen molar-refractivity contribution in [3.8, 4) is 11.5 Å². The van der Waals surface area contributed by atoms with Gasteiger partial charge in [0, 0.05) is 30.6 Å². The Bertz CT molecular complexity index is 1360. The van der Waals surface area contributed by atoms with Crippen LogP contribution in [0.3, 0.4) is 0 Å². The molecule has 2 amide bonds. The zero-order chi connectivity index (χ0) is 28.9. The van der Waals surface area contributed by atoms with Crippen LogP contribution in [0.5, 0.6) is 0 Å². The van der Waals surface area contributed by atoms with Crippen molar-refractivity contribution in [1.29, 1.82) is 0 Å². The topological polar surface area (TPSA) is 122 Å². The number of hydrogen-bond donors (Lipinski definition) is 3. The Kier molecular flexibility index (Phi) is 8.91. The van der Waals surface area contributed by atoms with E-state index in [1.54, 1.807) is 43.3 Å². The fourth-order valence-corrected chi connectivity index (χ4v) is 4.98. The number of carboxylic acid groups (broad SMARTS) is 1. The van der Waals surface area contributed by atoms with Crippen LogP contribution in [0.4, 0.5) is 18.9 Å². The van der Waals surface area contributed by atoms with E-state index in [1.165, 1.54) is 0 Å². The summed E-state index contributed by atoms with van der Waals surface area (Å²) in [6.45, 7) is 1.49. The molecule has 0 radical (unpaired) electrons. The number of oxazole rings is 1. The summed E-state index contributed by atoms with van der Waals surface area (Å²) in [7, 11) is 0. The van der Waals surface area contributed by atoms with Crippen LogP contribution in [-0.2, 0) is 15.8 Å². The van der Waals surface area contributed by atoms with Crippen molar-refractivity contribution in [2.75, 3.05) is 11.9 Å². The monoisotopic (exact) mass is 557 g/mol. The molecule has 0 bridgehead atoms. The molecule has 3 N–H and O–H groups in total. The first kappa shape index (κ1) is 28.8. The molecule has 0 saturated heterocycles. The smallest absolute Gasteiger partial charge is 0.452 e. The Morgan fingerprint density at radius 2 is 1.70 bits per heavy atom. The maximum Gasteiger partial charge on any atom is 0.452 e. The Morgan fingerprint density at radius 3 is 2.33 bits per heavy atom. The van der Waals surface area contributed by atoms with Gasteiger partial charge in [-0.15, -0.1) is 0 Å². The number of carbonyl (C=O) groups excluding carboxylic acids is 2. The molecule has 11 heteroatoms. The Labute approximate surface area is 229 Å². The highest BCUT2D eigenvalue weighted by atomic mass is 19.4. The number of aryl methyl sites for hydroxylation is 1. The van der Waals surface area contributed by atoms with Gasteiger partial charge in [-0.05, 0) is 73.8 Å². The zero-order valence-electron chi connectivity index (χ0n) is 21.9. The maximum atomic E-state index is 13.5. The number of carbonyl (C=O) groups is 3. The number of nitrogens with zero attached hydrogens (tertiary/aromatic N) is 1. The van der Waals surface area contributed by atoms with Crippen LogP contribution < -0.4 is 10.6 Å². The van der Waals surface area contributed by atoms with Crippen molar-refractivity contribution >= 4 is 23.5 Å². The van der Waals surface area contributed by atoms with Crippen LogP contribution in [0, 0.1) is 12.8 Å². The van der Waals surface area contributed by atoms with Gasteiger partial charge in [-0.25, -0.2) is 4.98 Å². The minimum atomic E-state index is -4.93. The van der Waals surface area contributed by atoms with Gasteiger partial charge in [-0.2, -0.15) is 13.2 Å². The highest BCUT2D eigenvalue weighted by Crippen LogP contribution is 2.38. The van der Waals surface area contributed by atoms with E-state index < -0.39 is 35.4 Å². The molecule has 40 heavy (non-hydrogen) atoms. The number of rotatable bonds is 9. The average molecular weight is 558 g/mol. The summed E-state index contributed by atoms with van der Waals surface area (Å²) in [6, 6.07) is 14.0. The number of aromatic nitrogens is 1. The minimum absolute atomic E-state index is 0.162. The third kappa shape index (κ3) is 7.28. The number of halogens is 3. The van der Waals surface area contributed by atoms with Crippen molar-refractivity contribution in [2.45, 2.75) is 57.5 Å². The first-order chi connectivity index (χ1) is 19.0. The SMILES string of the molecule is Cc1ccccc1-c1nc(C(=O)NCCC(=O)Nc2ccc(C3CCC(CC(=O)O)CC3)cc2)c(C(F)(F)F)o1. The summed E-state index contributed by atoms with van der Waals surface area (Å²) < 4.78 is 45.6. The number of aliphatic carboxylic acids is 1. The van der Waals surface area contributed by atoms with Crippen LogP contribution in [-0.4, -0.2) is 34.4 Å². The van der Waals surface area contributed by atoms with Crippen molar-refractivity contribution in [2.24, 2.45) is 5.92 Å². The van der Waals surface area contributed by atoms with E-state index in [1.807, 2.05) is 12.1 Å². The van der Waals surface area contributed by atoms with E-state index in [0.717, 1.165) is 31.2 Å². The normalized spacial score (nSPS) is 17.3. The van der Waals surface area contributed by atoms with Gasteiger partial charge in [0.1, 0.15) is 0 Å². The first-order valence-electron chi connectivity index (χ1n) is 13.0. The maximum absolute atomic E-state index is 13.5. The standard InChI is InChI=1S/C29H30F3N3O5/c1-17-4-2-3-5-22(17)28-35-25(26(40-28)29(30,31)32)27(39)33-15-14-23(36)34-21-12-10-20(11-13-21)19-8-6-18(7-9-19)16-24(37)38/h2-5,10-13,18-19H,6-9,14-16H2,1H3,(H,33,39)(H,34,36)(H,37,38). The molecular weight excluding hydrogens is 527 g/mol. The molecule has 0 unspecified atom stereocenters. The molecule has 3 aromatic rings. The Morgan fingerprint density at radius 1 is 1.02 bits per heavy atom. The second kappa shape index (κ2) is 12.4. The van der Waals surface area contributed by atoms with Crippen molar-refractivity contribution in [3.63, 3.8) is 0 Å². The fourth-order valence-electron chi connectivity index (χ4n) is 4.98. The molecule has 1 heterocycles. The highest BCUT2D eigenvalue weighted by molar-refractivity contribution is 5.95. The molecule has 1 aliphatic carbocycles. The van der Waals surface area contributed by atoms with Gasteiger partial charge in [0.25, 0.3) is 5.91 Å². The van der Waals surface area contributed by atoms with E-state index in [2.05, 4.69) is 15.6 Å². The highest BCUT2D eigenvalue weighted by Gasteiger charge is 2.42. The third-order valence-corrected chi connectivity index (χ3v) is 7.09. The molecule has 8 nitrogen and oxygen atoms in total. The van der Waals surface area contributed by atoms with Crippen molar-refractivity contribution < 1.29 is 37.1 Å². The van der Waals surface area contributed by atoms with E-state index in [0.29, 0.717) is 22.7 Å². The number of alkyl halides is 3. The van der Waals surface area contributed by atoms with Crippen LogP contribution in [0.25, 0.3) is 11.5 Å². The number of nitrogens with one attached hydrogen (secondary N) is 2. The van der Waals surface area contributed by atoms with Gasteiger partial charge in [-0.1, -0.05) is 30.3 Å². The molecular formula is C29H30F3N3O5. The molecule has 0 atom stereocenters. The van der Waals surface area contributed by atoms with Crippen molar-refractivity contribution in [1.82, 2.24) is 10.3 Å². The van der Waals surface area contributed by atoms with E-state index in [9.17, 15) is 27.6 Å². The lowest BCUT2D eigenvalue weighted by molar-refractivity contribution is -0.153. The molecule has 1 saturated carbocycles. The van der Waals surface area contributed by atoms with Gasteiger partial charge in [0.2, 0.25) is 17.6 Å². The summed E-state index contributed by atoms with van der Waals surface area (Å²) in [4.78, 5) is 39.6. The van der Waals surface area contributed by atoms with E-state index in [-0.39, 0.29) is 31.2 Å². The van der Waals surface area contributed by atoms with Crippen LogP contribution in [0.2, 0.25) is 0 Å². The predicted octanol–water partition coefficient (Wildman–Crippen LogP) is 6.18. The van der Waals surface area contributed by atoms with Gasteiger partial charge < -0.3 is 20.2 Å². The summed E-state index contributed by atoms with van der Waals surface area (Å²) >= 11 is 0. The van der Waals surface area contributed by atoms with Crippen LogP contribution in [0.1, 0.15) is 71.8 Å². The minimum Gasteiger partial charge on any atom is -0.481 e. The summed E-state index contributed by atoms with van der Waals surface area (Å²) in [5.74, 6) is -3.53. The lowest BCUT2D eigenvalue weighted by Crippen LogP contribution is -2.29. The van der Waals surface area contributed by atoms with Gasteiger partial charge >= 0.3 is 12.1 Å². The Balaban J connectivity index is 1.29. The molecule has 1 fully saturated rings. The molecule has 1 aromatic heterocycles. The summed E-state index contributed by atoms with van der Waals surface area (Å²) in [5.41, 5.74) is 1.76. The fraction of sp³-hybridized carbons (Fsp3) is 0.379. The second-order valence-corrected chi connectivity index (χ2v) is 10.0. The molecule has 1 aliphatic rings. The van der Waals surface area contributed by atoms with E-state index >= 15 is 0 Å². The lowest BCUT2D eigenvalue weighted by atomic mass is 9.77. The number of amides is 2. The first-order valence-corrected chi connectivity index (χ1v) is 13.0. The second-order valence-electron chi connectivity index (χ2n) is 10.0. The summed E-state index contributed by atoms with van der Waals surface area (Å²) in [5, 5.41) is 14.0. The number of hydrogen-bond acceptors (Lipinski definition) is 5. The molecule has 212 valence electrons. The van der Waals surface area contributed by atoms with Crippen LogP contribution >= 0.6 is 0 Å². The molecule has 4 rings (SSSR count). The lowest BCUT2D eigenvalue weighted by Gasteiger charge is -2.28. The number of anilines is 1. The Hall–Kier alpha value is -4.15. The van der Waals surface area contributed by atoms with Crippen LogP contribution in [0.15, 0.2) is 52.9 Å². The summed E-state index contributed by atoms with van der Waals surface area (Å²) in [6.07, 6.45) is -1.32.